The molecule has 2 N–H and O–H groups in total. The summed E-state index contributed by atoms with van der Waals surface area (Å²) in [7, 11) is 0. The number of halogens is 3. The third-order valence-corrected chi connectivity index (χ3v) is 5.95. The fourth-order valence-electron chi connectivity index (χ4n) is 4.53. The van der Waals surface area contributed by atoms with Crippen molar-refractivity contribution < 1.29 is 23.4 Å². The van der Waals surface area contributed by atoms with E-state index in [0.29, 0.717) is 17.7 Å². The van der Waals surface area contributed by atoms with Crippen LogP contribution >= 0.6 is 0 Å². The minimum absolute atomic E-state index is 0.218. The highest BCUT2D eigenvalue weighted by Gasteiger charge is 2.33. The van der Waals surface area contributed by atoms with Crippen LogP contribution in [0.15, 0.2) is 18.2 Å². The lowest BCUT2D eigenvalue weighted by molar-refractivity contribution is -0.137. The van der Waals surface area contributed by atoms with Gasteiger partial charge in [0.2, 0.25) is 0 Å². The van der Waals surface area contributed by atoms with E-state index in [1.807, 2.05) is 6.07 Å². The number of benzene rings is 1. The highest BCUT2D eigenvalue weighted by molar-refractivity contribution is 5.73. The van der Waals surface area contributed by atoms with Crippen molar-refractivity contribution in [3.05, 3.63) is 34.9 Å². The second-order valence-electron chi connectivity index (χ2n) is 8.03. The van der Waals surface area contributed by atoms with Crippen LogP contribution in [0.3, 0.4) is 0 Å². The highest BCUT2D eigenvalue weighted by Crippen LogP contribution is 2.40. The zero-order valence-corrected chi connectivity index (χ0v) is 16.2. The number of alkyl halides is 3. The van der Waals surface area contributed by atoms with Gasteiger partial charge in [0, 0.05) is 23.7 Å². The Balaban J connectivity index is 1.65. The van der Waals surface area contributed by atoms with Crippen LogP contribution in [0.25, 0.3) is 11.3 Å². The molecule has 0 spiro atoms. The van der Waals surface area contributed by atoms with Crippen molar-refractivity contribution in [3.8, 4) is 17.0 Å². The summed E-state index contributed by atoms with van der Waals surface area (Å²) in [5.74, 6) is 0.324. The molecule has 5 nitrogen and oxygen atoms in total. The van der Waals surface area contributed by atoms with Gasteiger partial charge in [-0.2, -0.15) is 13.2 Å². The molecule has 0 unspecified atom stereocenters. The van der Waals surface area contributed by atoms with Gasteiger partial charge >= 0.3 is 6.18 Å². The Morgan fingerprint density at radius 1 is 1.10 bits per heavy atom. The van der Waals surface area contributed by atoms with Gasteiger partial charge in [0.1, 0.15) is 5.75 Å². The predicted octanol–water partition coefficient (Wildman–Crippen LogP) is 4.23. The Kier molecular flexibility index (Phi) is 5.14. The first-order valence-electron chi connectivity index (χ1n) is 9.96. The number of nitrogens with zero attached hydrogens (tertiary/aromatic N) is 3. The maximum Gasteiger partial charge on any atom is 0.416 e. The Hall–Kier alpha value is -2.35. The van der Waals surface area contributed by atoms with E-state index in [1.165, 1.54) is 6.92 Å². The standard InChI is InChI=1S/C21H24F3N3O2/c1-12-8-14(21(22,23)24)10-18(29)19(12)17-9-13-6-7-27(20(13)26-25-17)15-4-2-3-5-16(28)11-15/h8-10,15-16,28-29H,2-7,11H2,1H3/t15-,16-/m1/s1. The molecule has 0 amide bonds. The third kappa shape index (κ3) is 3.90. The van der Waals surface area contributed by atoms with Gasteiger partial charge in [-0.1, -0.05) is 12.8 Å². The number of hydrogen-bond acceptors (Lipinski definition) is 5. The molecule has 1 aliphatic carbocycles. The van der Waals surface area contributed by atoms with Crippen molar-refractivity contribution in [2.45, 2.75) is 63.8 Å². The summed E-state index contributed by atoms with van der Waals surface area (Å²) in [5, 5.41) is 29.0. The highest BCUT2D eigenvalue weighted by atomic mass is 19.4. The van der Waals surface area contributed by atoms with Gasteiger partial charge in [0.05, 0.1) is 17.4 Å². The van der Waals surface area contributed by atoms with Gasteiger partial charge in [0.15, 0.2) is 5.82 Å². The summed E-state index contributed by atoms with van der Waals surface area (Å²) in [6.45, 7) is 2.31. The Bertz CT molecular complexity index is 894. The van der Waals surface area contributed by atoms with Crippen LogP contribution in [-0.4, -0.2) is 39.1 Å². The van der Waals surface area contributed by atoms with E-state index < -0.39 is 17.5 Å². The lowest BCUT2D eigenvalue weighted by atomic mass is 9.99. The van der Waals surface area contributed by atoms with Crippen LogP contribution in [0, 0.1) is 6.92 Å². The molecule has 8 heteroatoms. The van der Waals surface area contributed by atoms with Crippen molar-refractivity contribution in [1.29, 1.82) is 0 Å². The molecule has 2 aromatic rings. The van der Waals surface area contributed by atoms with Gasteiger partial charge in [-0.15, -0.1) is 10.2 Å². The SMILES string of the molecule is Cc1cc(C(F)(F)F)cc(O)c1-c1cc2c(nn1)N([C@@H]1CCCC[C@@H](O)C1)CC2. The average Bonchev–Trinajstić information content (AvgIpc) is 2.94. The normalized spacial score (nSPS) is 22.4. The molecule has 1 aliphatic heterocycles. The van der Waals surface area contributed by atoms with Gasteiger partial charge in [-0.25, -0.2) is 0 Å². The minimum Gasteiger partial charge on any atom is -0.507 e. The zero-order valence-electron chi connectivity index (χ0n) is 16.2. The van der Waals surface area contributed by atoms with Crippen LogP contribution < -0.4 is 4.90 Å². The molecule has 2 aliphatic rings. The summed E-state index contributed by atoms with van der Waals surface area (Å²) in [6, 6.07) is 3.78. The zero-order chi connectivity index (χ0) is 20.8. The molecule has 0 bridgehead atoms. The van der Waals surface area contributed by atoms with Crippen LogP contribution in [-0.2, 0) is 12.6 Å². The number of phenolic OH excluding ortho intramolecular Hbond substituents is 1. The summed E-state index contributed by atoms with van der Waals surface area (Å²) in [5.41, 5.74) is 1.02. The van der Waals surface area contributed by atoms with Crippen LogP contribution in [0.5, 0.6) is 5.75 Å². The molecule has 1 fully saturated rings. The first-order valence-corrected chi connectivity index (χ1v) is 9.96. The number of phenols is 1. The number of aromatic nitrogens is 2. The van der Waals surface area contributed by atoms with Crippen molar-refractivity contribution in [3.63, 3.8) is 0 Å². The third-order valence-electron chi connectivity index (χ3n) is 5.95. The van der Waals surface area contributed by atoms with E-state index in [-0.39, 0.29) is 17.7 Å². The number of aryl methyl sites for hydroxylation is 1. The number of aromatic hydroxyl groups is 1. The van der Waals surface area contributed by atoms with Crippen molar-refractivity contribution in [1.82, 2.24) is 10.2 Å². The minimum atomic E-state index is -4.52. The van der Waals surface area contributed by atoms with Crippen molar-refractivity contribution in [2.75, 3.05) is 11.4 Å². The smallest absolute Gasteiger partial charge is 0.416 e. The van der Waals surface area contributed by atoms with Crippen LogP contribution in [0.1, 0.15) is 48.8 Å². The molecular formula is C21H24F3N3O2. The first kappa shape index (κ1) is 19.9. The Labute approximate surface area is 167 Å². The molecule has 1 aromatic heterocycles. The summed E-state index contributed by atoms with van der Waals surface area (Å²) in [4.78, 5) is 2.19. The molecule has 0 radical (unpaired) electrons. The molecule has 29 heavy (non-hydrogen) atoms. The molecular weight excluding hydrogens is 383 g/mol. The van der Waals surface area contributed by atoms with E-state index >= 15 is 0 Å². The number of anilines is 1. The van der Waals surface area contributed by atoms with E-state index in [2.05, 4.69) is 15.1 Å². The van der Waals surface area contributed by atoms with E-state index in [9.17, 15) is 23.4 Å². The van der Waals surface area contributed by atoms with Gasteiger partial charge in [-0.05, 0) is 56.4 Å². The second-order valence-corrected chi connectivity index (χ2v) is 8.03. The fourth-order valence-corrected chi connectivity index (χ4v) is 4.53. The van der Waals surface area contributed by atoms with Crippen LogP contribution in [0.4, 0.5) is 19.0 Å². The number of rotatable bonds is 2. The predicted molar refractivity (Wildman–Crippen MR) is 103 cm³/mol. The maximum absolute atomic E-state index is 13.0. The first-order chi connectivity index (χ1) is 13.7. The topological polar surface area (TPSA) is 69.5 Å². The molecule has 1 aromatic carbocycles. The molecule has 2 heterocycles. The average molecular weight is 407 g/mol. The summed E-state index contributed by atoms with van der Waals surface area (Å²) < 4.78 is 38.9. The Morgan fingerprint density at radius 3 is 2.59 bits per heavy atom. The number of fused-ring (bicyclic) bond motifs is 1. The number of hydrogen-bond donors (Lipinski definition) is 2. The molecule has 1 saturated carbocycles. The maximum atomic E-state index is 13.0. The second kappa shape index (κ2) is 7.48. The lowest BCUT2D eigenvalue weighted by Gasteiger charge is -2.29. The number of aliphatic hydroxyl groups is 1. The molecule has 0 saturated heterocycles. The molecule has 156 valence electrons. The quantitative estimate of drug-likeness (QED) is 0.729. The largest absolute Gasteiger partial charge is 0.507 e. The monoisotopic (exact) mass is 407 g/mol. The van der Waals surface area contributed by atoms with Crippen molar-refractivity contribution >= 4 is 5.82 Å². The number of aliphatic hydroxyl groups excluding tert-OH is 1. The molecule has 4 rings (SSSR count). The van der Waals surface area contributed by atoms with Gasteiger partial charge in [0.25, 0.3) is 0 Å². The van der Waals surface area contributed by atoms with Crippen LogP contribution in [0.2, 0.25) is 0 Å². The summed E-state index contributed by atoms with van der Waals surface area (Å²) in [6.07, 6.45) is 0.562. The van der Waals surface area contributed by atoms with Gasteiger partial charge < -0.3 is 15.1 Å². The van der Waals surface area contributed by atoms with E-state index in [0.717, 1.165) is 62.2 Å². The van der Waals surface area contributed by atoms with Gasteiger partial charge in [-0.3, -0.25) is 0 Å². The fraction of sp³-hybridized carbons (Fsp3) is 0.524. The van der Waals surface area contributed by atoms with E-state index in [4.69, 9.17) is 0 Å². The van der Waals surface area contributed by atoms with Crippen molar-refractivity contribution in [2.24, 2.45) is 0 Å². The lowest BCUT2D eigenvalue weighted by Crippen LogP contribution is -2.36. The summed E-state index contributed by atoms with van der Waals surface area (Å²) >= 11 is 0. The molecule has 2 atom stereocenters. The van der Waals surface area contributed by atoms with E-state index in [1.54, 1.807) is 0 Å². The Morgan fingerprint density at radius 2 is 1.86 bits per heavy atom.